The van der Waals surface area contributed by atoms with E-state index in [-0.39, 0.29) is 11.1 Å². The molecule has 0 saturated heterocycles. The van der Waals surface area contributed by atoms with Gasteiger partial charge in [0.05, 0.1) is 10.9 Å². The molecular formula is C20H17FN2O4. The summed E-state index contributed by atoms with van der Waals surface area (Å²) in [6.07, 6.45) is 2.52. The van der Waals surface area contributed by atoms with E-state index in [1.54, 1.807) is 19.1 Å². The minimum atomic E-state index is -1.39. The molecular weight excluding hydrogens is 351 g/mol. The Labute approximate surface area is 153 Å². The number of halogens is 1. The molecule has 0 atom stereocenters. The molecule has 3 aromatic rings. The molecule has 27 heavy (non-hydrogen) atoms. The summed E-state index contributed by atoms with van der Waals surface area (Å²) in [5.41, 5.74) is 6.06. The molecule has 0 unspecified atom stereocenters. The van der Waals surface area contributed by atoms with Gasteiger partial charge in [-0.25, -0.2) is 9.18 Å². The van der Waals surface area contributed by atoms with Crippen LogP contribution in [0.3, 0.4) is 0 Å². The molecule has 1 saturated carbocycles. The fourth-order valence-electron chi connectivity index (χ4n) is 3.61. The van der Waals surface area contributed by atoms with Crippen molar-refractivity contribution in [1.29, 1.82) is 0 Å². The Morgan fingerprint density at radius 3 is 2.44 bits per heavy atom. The molecule has 0 bridgehead atoms. The minimum absolute atomic E-state index is 0.0222. The van der Waals surface area contributed by atoms with Crippen LogP contribution in [-0.4, -0.2) is 20.7 Å². The number of carboxylic acids is 1. The van der Waals surface area contributed by atoms with Crippen LogP contribution in [-0.2, 0) is 5.54 Å². The van der Waals surface area contributed by atoms with E-state index in [1.807, 2.05) is 0 Å². The Balaban J connectivity index is 2.17. The third kappa shape index (κ3) is 2.59. The molecule has 1 aliphatic carbocycles. The molecule has 0 radical (unpaired) electrons. The first kappa shape index (κ1) is 17.2. The number of carbonyl (C=O) groups is 1. The molecule has 6 nitrogen and oxygen atoms in total. The molecule has 4 N–H and O–H groups in total. The number of benzene rings is 2. The van der Waals surface area contributed by atoms with Crippen molar-refractivity contribution < 1.29 is 19.4 Å². The molecule has 0 spiro atoms. The van der Waals surface area contributed by atoms with Crippen LogP contribution in [0.4, 0.5) is 4.39 Å². The molecule has 7 heteroatoms. The van der Waals surface area contributed by atoms with E-state index in [0.717, 1.165) is 6.07 Å². The molecule has 2 aromatic carbocycles. The Bertz CT molecular complexity index is 1160. The van der Waals surface area contributed by atoms with Crippen LogP contribution in [0.1, 0.15) is 34.3 Å². The fraction of sp³-hybridized carbons (Fsp3) is 0.200. The van der Waals surface area contributed by atoms with Crippen molar-refractivity contribution in [3.8, 4) is 11.4 Å². The second kappa shape index (κ2) is 5.65. The zero-order valence-electron chi connectivity index (χ0n) is 14.5. The van der Waals surface area contributed by atoms with Crippen molar-refractivity contribution in [3.63, 3.8) is 0 Å². The number of pyridine rings is 1. The van der Waals surface area contributed by atoms with E-state index < -0.39 is 28.3 Å². The number of aryl methyl sites for hydroxylation is 1. The third-order valence-corrected chi connectivity index (χ3v) is 5.13. The Kier molecular flexibility index (Phi) is 3.61. The zero-order valence-corrected chi connectivity index (χ0v) is 14.5. The topological polar surface area (TPSA) is 106 Å². The van der Waals surface area contributed by atoms with Crippen LogP contribution in [0.15, 0.2) is 41.3 Å². The van der Waals surface area contributed by atoms with Gasteiger partial charge in [0.1, 0.15) is 17.1 Å². The predicted molar refractivity (Wildman–Crippen MR) is 98.0 cm³/mol. The van der Waals surface area contributed by atoms with Crippen molar-refractivity contribution in [2.24, 2.45) is 5.73 Å². The molecule has 0 aliphatic heterocycles. The van der Waals surface area contributed by atoms with Crippen molar-refractivity contribution >= 4 is 16.9 Å². The molecule has 1 aromatic heterocycles. The highest BCUT2D eigenvalue weighted by atomic mass is 19.1. The number of nitrogens with two attached hydrogens (primary N) is 1. The van der Waals surface area contributed by atoms with E-state index in [0.29, 0.717) is 35.2 Å². The number of phenolic OH excluding ortho intramolecular Hbond substituents is 1. The molecule has 1 aliphatic rings. The summed E-state index contributed by atoms with van der Waals surface area (Å²) in [5, 5.41) is 18.9. The summed E-state index contributed by atoms with van der Waals surface area (Å²) in [4.78, 5) is 24.2. The molecule has 138 valence electrons. The number of phenols is 1. The van der Waals surface area contributed by atoms with Crippen molar-refractivity contribution in [3.05, 3.63) is 69.3 Å². The van der Waals surface area contributed by atoms with Gasteiger partial charge in [-0.15, -0.1) is 0 Å². The van der Waals surface area contributed by atoms with E-state index in [4.69, 9.17) is 5.73 Å². The van der Waals surface area contributed by atoms with Gasteiger partial charge < -0.3 is 20.5 Å². The predicted octanol–water partition coefficient (Wildman–Crippen LogP) is 2.79. The van der Waals surface area contributed by atoms with Gasteiger partial charge in [-0.3, -0.25) is 4.79 Å². The van der Waals surface area contributed by atoms with Gasteiger partial charge in [-0.05, 0) is 55.7 Å². The summed E-state index contributed by atoms with van der Waals surface area (Å²) >= 11 is 0. The van der Waals surface area contributed by atoms with Gasteiger partial charge in [-0.2, -0.15) is 0 Å². The van der Waals surface area contributed by atoms with Gasteiger partial charge in [0.2, 0.25) is 5.43 Å². The van der Waals surface area contributed by atoms with E-state index >= 15 is 0 Å². The van der Waals surface area contributed by atoms with E-state index in [1.165, 1.54) is 22.9 Å². The number of rotatable bonds is 3. The standard InChI is InChI=1S/C20H17FN2O4/c1-10-16(20(22)6-7-20)15(21)8-13-17(10)23(9-14(18(13)25)19(26)27)11-2-4-12(24)5-3-11/h2-5,8-9,24H,6-7,22H2,1H3,(H,26,27). The maximum atomic E-state index is 14.8. The van der Waals surface area contributed by atoms with Crippen LogP contribution < -0.4 is 11.2 Å². The lowest BCUT2D eigenvalue weighted by molar-refractivity contribution is 0.0695. The average molecular weight is 368 g/mol. The Morgan fingerprint density at radius 2 is 1.89 bits per heavy atom. The second-order valence-corrected chi connectivity index (χ2v) is 6.97. The van der Waals surface area contributed by atoms with Gasteiger partial charge in [-0.1, -0.05) is 0 Å². The molecule has 4 rings (SSSR count). The van der Waals surface area contributed by atoms with E-state index in [2.05, 4.69) is 0 Å². The van der Waals surface area contributed by atoms with Crippen LogP contribution in [0, 0.1) is 12.7 Å². The Hall–Kier alpha value is -3.19. The van der Waals surface area contributed by atoms with Crippen LogP contribution in [0.25, 0.3) is 16.6 Å². The number of nitrogens with zero attached hydrogens (tertiary/aromatic N) is 1. The van der Waals surface area contributed by atoms with Crippen LogP contribution in [0.2, 0.25) is 0 Å². The highest BCUT2D eigenvalue weighted by molar-refractivity contribution is 5.94. The average Bonchev–Trinajstić information content (AvgIpc) is 3.34. The maximum Gasteiger partial charge on any atom is 0.341 e. The van der Waals surface area contributed by atoms with Crippen molar-refractivity contribution in [2.75, 3.05) is 0 Å². The summed E-state index contributed by atoms with van der Waals surface area (Å²) in [5.74, 6) is -1.95. The number of fused-ring (bicyclic) bond motifs is 1. The maximum absolute atomic E-state index is 14.8. The quantitative estimate of drug-likeness (QED) is 0.659. The lowest BCUT2D eigenvalue weighted by Gasteiger charge is -2.20. The number of carboxylic acid groups (broad SMARTS) is 1. The first-order valence-corrected chi connectivity index (χ1v) is 8.43. The third-order valence-electron chi connectivity index (χ3n) is 5.13. The number of aromatic hydroxyl groups is 1. The monoisotopic (exact) mass is 368 g/mol. The number of aromatic carboxylic acids is 1. The number of aromatic nitrogens is 1. The lowest BCUT2D eigenvalue weighted by Crippen LogP contribution is -2.25. The molecule has 1 heterocycles. The highest BCUT2D eigenvalue weighted by Gasteiger charge is 2.44. The van der Waals surface area contributed by atoms with Gasteiger partial charge in [0.25, 0.3) is 0 Å². The SMILES string of the molecule is Cc1c(C2(N)CC2)c(F)cc2c(=O)c(C(=O)O)cn(-c3ccc(O)cc3)c12. The van der Waals surface area contributed by atoms with Crippen molar-refractivity contribution in [2.45, 2.75) is 25.3 Å². The summed E-state index contributed by atoms with van der Waals surface area (Å²) in [6.45, 7) is 1.68. The summed E-state index contributed by atoms with van der Waals surface area (Å²) in [6, 6.07) is 7.15. The lowest BCUT2D eigenvalue weighted by atomic mass is 9.95. The van der Waals surface area contributed by atoms with Gasteiger partial charge >= 0.3 is 5.97 Å². The van der Waals surface area contributed by atoms with Crippen molar-refractivity contribution in [1.82, 2.24) is 4.57 Å². The van der Waals surface area contributed by atoms with Crippen LogP contribution in [0.5, 0.6) is 5.75 Å². The van der Waals surface area contributed by atoms with Gasteiger partial charge in [0, 0.05) is 23.0 Å². The smallest absolute Gasteiger partial charge is 0.341 e. The number of hydrogen-bond acceptors (Lipinski definition) is 4. The van der Waals surface area contributed by atoms with E-state index in [9.17, 15) is 24.2 Å². The second-order valence-electron chi connectivity index (χ2n) is 6.97. The summed E-state index contributed by atoms with van der Waals surface area (Å²) in [7, 11) is 0. The summed E-state index contributed by atoms with van der Waals surface area (Å²) < 4.78 is 16.3. The molecule has 1 fully saturated rings. The highest BCUT2D eigenvalue weighted by Crippen LogP contribution is 2.46. The largest absolute Gasteiger partial charge is 0.508 e. The first-order valence-electron chi connectivity index (χ1n) is 8.43. The molecule has 0 amide bonds. The number of hydrogen-bond donors (Lipinski definition) is 3. The normalized spacial score (nSPS) is 15.1. The minimum Gasteiger partial charge on any atom is -0.508 e. The Morgan fingerprint density at radius 1 is 1.26 bits per heavy atom. The fourth-order valence-corrected chi connectivity index (χ4v) is 3.61. The van der Waals surface area contributed by atoms with Gasteiger partial charge in [0.15, 0.2) is 0 Å². The van der Waals surface area contributed by atoms with Crippen LogP contribution >= 0.6 is 0 Å². The first-order chi connectivity index (χ1) is 12.7. The zero-order chi connectivity index (χ0) is 19.5.